The van der Waals surface area contributed by atoms with Crippen molar-refractivity contribution in [3.05, 3.63) is 166 Å². The number of hydrogen-bond acceptors (Lipinski definition) is 6. The monoisotopic (exact) mass is 839 g/mol. The first kappa shape index (κ1) is 43.2. The lowest BCUT2D eigenvalue weighted by Crippen LogP contribution is -2.57. The van der Waals surface area contributed by atoms with Crippen molar-refractivity contribution in [1.82, 2.24) is 14.7 Å². The molecule has 316 valence electrons. The quantitative estimate of drug-likeness (QED) is 0.0866. The molecule has 3 amide bonds. The van der Waals surface area contributed by atoms with Gasteiger partial charge in [-0.1, -0.05) is 152 Å². The summed E-state index contributed by atoms with van der Waals surface area (Å²) in [6, 6.07) is 38.3. The topological polar surface area (TPSA) is 96.5 Å². The van der Waals surface area contributed by atoms with Crippen LogP contribution in [0.1, 0.15) is 78.8 Å². The van der Waals surface area contributed by atoms with Crippen molar-refractivity contribution >= 4 is 35.5 Å². The van der Waals surface area contributed by atoms with Crippen LogP contribution >= 0.6 is 11.6 Å². The third kappa shape index (κ3) is 8.80. The van der Waals surface area contributed by atoms with Gasteiger partial charge in [0.1, 0.15) is 18.7 Å². The van der Waals surface area contributed by atoms with Crippen molar-refractivity contribution in [2.75, 3.05) is 33.8 Å². The minimum absolute atomic E-state index is 0.0868. The molecule has 1 heterocycles. The van der Waals surface area contributed by atoms with Crippen molar-refractivity contribution < 1.29 is 28.7 Å². The molecular weight excluding hydrogens is 786 g/mol. The number of benzene rings is 5. The van der Waals surface area contributed by atoms with Gasteiger partial charge in [-0.05, 0) is 60.4 Å². The van der Waals surface area contributed by atoms with E-state index in [4.69, 9.17) is 21.1 Å². The second kappa shape index (κ2) is 18.8. The lowest BCUT2D eigenvalue weighted by Gasteiger charge is -2.39. The number of piperidine rings is 1. The highest BCUT2D eigenvalue weighted by molar-refractivity contribution is 6.31. The van der Waals surface area contributed by atoms with E-state index in [0.29, 0.717) is 34.8 Å². The third-order valence-electron chi connectivity index (χ3n) is 12.2. The van der Waals surface area contributed by atoms with Crippen LogP contribution in [0.2, 0.25) is 5.02 Å². The highest BCUT2D eigenvalue weighted by Gasteiger charge is 2.45. The van der Waals surface area contributed by atoms with Gasteiger partial charge < -0.3 is 19.3 Å². The molecule has 0 saturated carbocycles. The summed E-state index contributed by atoms with van der Waals surface area (Å²) in [6.45, 7) is 6.78. The lowest BCUT2D eigenvalue weighted by molar-refractivity contribution is -0.160. The molecule has 7 rings (SSSR count). The van der Waals surface area contributed by atoms with Gasteiger partial charge in [0.2, 0.25) is 11.8 Å². The standard InChI is InChI=1S/C51H54ClN3O6/c1-34(2)47(54(5)50(59)60-33-42-40-22-12-10-20-38(40)39-21-11-13-23-41(39)42)49(58)53(4)45(48(57)55-30-16-7-17-31-55)32-46(56)61-51(36-18-8-6-9-19-36,37-28-26-35(3)27-29-37)43-24-14-15-25-44(43)52/h6,8-15,18-29,34,42,45,47H,7,16-17,30-33H2,1-5H3/t45-,47-,51?/m0/s1. The lowest BCUT2D eigenvalue weighted by atomic mass is 9.79. The molecule has 3 atom stereocenters. The van der Waals surface area contributed by atoms with E-state index in [1.54, 1.807) is 18.0 Å². The number of likely N-dealkylation sites (N-methyl/N-ethyl adjacent to an activating group) is 2. The number of ether oxygens (including phenoxy) is 2. The predicted molar refractivity (Wildman–Crippen MR) is 238 cm³/mol. The van der Waals surface area contributed by atoms with Gasteiger partial charge in [0.05, 0.1) is 6.42 Å². The van der Waals surface area contributed by atoms with Gasteiger partial charge in [0.15, 0.2) is 5.60 Å². The molecule has 1 aliphatic heterocycles. The maximum Gasteiger partial charge on any atom is 0.410 e. The van der Waals surface area contributed by atoms with Gasteiger partial charge >= 0.3 is 12.1 Å². The minimum atomic E-state index is -1.50. The Morgan fingerprint density at radius 3 is 1.89 bits per heavy atom. The zero-order valence-corrected chi connectivity index (χ0v) is 36.3. The normalized spacial score (nSPS) is 15.5. The molecular formula is C51H54ClN3O6. The van der Waals surface area contributed by atoms with Crippen LogP contribution in [-0.4, -0.2) is 84.5 Å². The van der Waals surface area contributed by atoms with E-state index in [0.717, 1.165) is 47.1 Å². The summed E-state index contributed by atoms with van der Waals surface area (Å²) in [5.74, 6) is -2.08. The van der Waals surface area contributed by atoms with Gasteiger partial charge in [-0.15, -0.1) is 0 Å². The zero-order valence-electron chi connectivity index (χ0n) is 35.6. The van der Waals surface area contributed by atoms with Crippen LogP contribution in [0.25, 0.3) is 11.1 Å². The maximum atomic E-state index is 14.8. The molecule has 5 aromatic rings. The van der Waals surface area contributed by atoms with E-state index in [9.17, 15) is 19.2 Å². The fourth-order valence-corrected chi connectivity index (χ4v) is 9.28. The first-order valence-electron chi connectivity index (χ1n) is 21.1. The summed E-state index contributed by atoms with van der Waals surface area (Å²) in [6.07, 6.45) is 1.51. The molecule has 1 aliphatic carbocycles. The summed E-state index contributed by atoms with van der Waals surface area (Å²) >= 11 is 6.95. The van der Waals surface area contributed by atoms with E-state index in [2.05, 4.69) is 24.3 Å². The minimum Gasteiger partial charge on any atom is -0.448 e. The Hall–Kier alpha value is -5.93. The molecule has 1 fully saturated rings. The van der Waals surface area contributed by atoms with Crippen LogP contribution < -0.4 is 0 Å². The van der Waals surface area contributed by atoms with Crippen molar-refractivity contribution in [1.29, 1.82) is 0 Å². The molecule has 2 aliphatic rings. The smallest absolute Gasteiger partial charge is 0.410 e. The second-order valence-corrected chi connectivity index (χ2v) is 16.9. The highest BCUT2D eigenvalue weighted by atomic mass is 35.5. The van der Waals surface area contributed by atoms with E-state index >= 15 is 0 Å². The van der Waals surface area contributed by atoms with Crippen molar-refractivity contribution in [3.63, 3.8) is 0 Å². The molecule has 0 bridgehead atoms. The average molecular weight is 840 g/mol. The molecule has 9 nitrogen and oxygen atoms in total. The Labute approximate surface area is 364 Å². The molecule has 0 aromatic heterocycles. The number of fused-ring (bicyclic) bond motifs is 3. The molecule has 0 spiro atoms. The largest absolute Gasteiger partial charge is 0.448 e. The molecule has 5 aromatic carbocycles. The number of amides is 3. The zero-order chi connectivity index (χ0) is 43.3. The first-order valence-corrected chi connectivity index (χ1v) is 21.5. The van der Waals surface area contributed by atoms with Gasteiger partial charge in [-0.3, -0.25) is 19.3 Å². The SMILES string of the molecule is Cc1ccc(C(OC(=O)C[C@@H](C(=O)N2CCCCC2)N(C)C(=O)[C@H](C(C)C)N(C)C(=O)OCC2c3ccccc3-c3ccccc32)(c2ccccc2)c2ccccc2Cl)cc1. The number of carbonyl (C=O) groups is 4. The van der Waals surface area contributed by atoms with Crippen LogP contribution in [0.15, 0.2) is 127 Å². The fraction of sp³-hybridized carbons (Fsp3) is 0.333. The number of halogens is 1. The van der Waals surface area contributed by atoms with Crippen LogP contribution in [0.3, 0.4) is 0 Å². The summed E-state index contributed by atoms with van der Waals surface area (Å²) in [5, 5.41) is 0.393. The Bertz CT molecular complexity index is 2320. The fourth-order valence-electron chi connectivity index (χ4n) is 9.01. The molecule has 10 heteroatoms. The Morgan fingerprint density at radius 2 is 1.28 bits per heavy atom. The molecule has 0 N–H and O–H groups in total. The van der Waals surface area contributed by atoms with Crippen molar-refractivity contribution in [2.45, 2.75) is 70.1 Å². The molecule has 1 unspecified atom stereocenters. The van der Waals surface area contributed by atoms with Gasteiger partial charge in [-0.25, -0.2) is 4.79 Å². The molecule has 0 radical (unpaired) electrons. The second-order valence-electron chi connectivity index (χ2n) is 16.5. The van der Waals surface area contributed by atoms with Crippen LogP contribution in [0.4, 0.5) is 4.79 Å². The summed E-state index contributed by atoms with van der Waals surface area (Å²) < 4.78 is 12.7. The number of hydrogen-bond donors (Lipinski definition) is 0. The number of rotatable bonds is 13. The maximum absolute atomic E-state index is 14.8. The van der Waals surface area contributed by atoms with Gasteiger partial charge in [0, 0.05) is 54.8 Å². The summed E-state index contributed by atoms with van der Waals surface area (Å²) in [7, 11) is 3.08. The number of carbonyl (C=O) groups excluding carboxylic acids is 4. The number of likely N-dealkylation sites (tertiary alicyclic amines) is 1. The van der Waals surface area contributed by atoms with Crippen LogP contribution in [0.5, 0.6) is 0 Å². The third-order valence-corrected chi connectivity index (χ3v) is 12.5. The number of nitrogens with zero attached hydrogens (tertiary/aromatic N) is 3. The van der Waals surface area contributed by atoms with E-state index in [1.807, 2.05) is 118 Å². The average Bonchev–Trinajstić information content (AvgIpc) is 3.60. The summed E-state index contributed by atoms with van der Waals surface area (Å²) in [5.41, 5.74) is 5.77. The van der Waals surface area contributed by atoms with Crippen LogP contribution in [-0.2, 0) is 29.5 Å². The Morgan fingerprint density at radius 1 is 0.721 bits per heavy atom. The molecule has 1 saturated heterocycles. The number of aryl methyl sites for hydroxylation is 1. The Balaban J connectivity index is 1.17. The number of esters is 1. The highest BCUT2D eigenvalue weighted by Crippen LogP contribution is 2.46. The van der Waals surface area contributed by atoms with E-state index < -0.39 is 42.1 Å². The Kier molecular flexibility index (Phi) is 13.3. The van der Waals surface area contributed by atoms with E-state index in [-0.39, 0.29) is 24.3 Å². The first-order chi connectivity index (χ1) is 29.4. The molecule has 61 heavy (non-hydrogen) atoms. The van der Waals surface area contributed by atoms with Gasteiger partial charge in [0.25, 0.3) is 0 Å². The summed E-state index contributed by atoms with van der Waals surface area (Å²) in [4.78, 5) is 62.4. The van der Waals surface area contributed by atoms with Crippen molar-refractivity contribution in [2.24, 2.45) is 5.92 Å². The van der Waals surface area contributed by atoms with E-state index in [1.165, 1.54) is 16.8 Å². The predicted octanol–water partition coefficient (Wildman–Crippen LogP) is 9.62. The van der Waals surface area contributed by atoms with Crippen molar-refractivity contribution in [3.8, 4) is 11.1 Å². The van der Waals surface area contributed by atoms with Gasteiger partial charge in [-0.2, -0.15) is 0 Å². The van der Waals surface area contributed by atoms with Crippen LogP contribution in [0, 0.1) is 12.8 Å².